The van der Waals surface area contributed by atoms with Crippen LogP contribution < -0.4 is 10.6 Å². The molecule has 1 fully saturated rings. The first-order chi connectivity index (χ1) is 9.52. The van der Waals surface area contributed by atoms with Gasteiger partial charge in [0.1, 0.15) is 0 Å². The summed E-state index contributed by atoms with van der Waals surface area (Å²) >= 11 is 0. The Hall–Kier alpha value is -0.810. The first-order valence-corrected chi connectivity index (χ1v) is 7.72. The van der Waals surface area contributed by atoms with Gasteiger partial charge in [0.15, 0.2) is 0 Å². The molecule has 1 atom stereocenters. The SMILES string of the molecule is CNCC1CCCN(C(=O)CNC(=O)CCC(C)C)C1.Cl. The van der Waals surface area contributed by atoms with E-state index in [1.165, 1.54) is 6.42 Å². The van der Waals surface area contributed by atoms with E-state index in [1.54, 1.807) is 0 Å². The number of carbonyl (C=O) groups excluding carboxylic acids is 2. The lowest BCUT2D eigenvalue weighted by Gasteiger charge is -2.32. The van der Waals surface area contributed by atoms with E-state index in [4.69, 9.17) is 0 Å². The Labute approximate surface area is 134 Å². The summed E-state index contributed by atoms with van der Waals surface area (Å²) in [6.45, 7) is 6.90. The Morgan fingerprint density at radius 2 is 2.05 bits per heavy atom. The topological polar surface area (TPSA) is 61.4 Å². The fourth-order valence-corrected chi connectivity index (χ4v) is 2.54. The number of likely N-dealkylation sites (tertiary alicyclic amines) is 1. The summed E-state index contributed by atoms with van der Waals surface area (Å²) in [7, 11) is 1.94. The minimum Gasteiger partial charge on any atom is -0.347 e. The van der Waals surface area contributed by atoms with Crippen molar-refractivity contribution in [3.63, 3.8) is 0 Å². The Morgan fingerprint density at radius 1 is 1.33 bits per heavy atom. The fraction of sp³-hybridized carbons (Fsp3) is 0.867. The number of amides is 2. The van der Waals surface area contributed by atoms with E-state index in [1.807, 2.05) is 11.9 Å². The molecule has 0 aromatic heterocycles. The third kappa shape index (κ3) is 8.27. The van der Waals surface area contributed by atoms with E-state index in [2.05, 4.69) is 24.5 Å². The van der Waals surface area contributed by atoms with E-state index < -0.39 is 0 Å². The maximum Gasteiger partial charge on any atom is 0.241 e. The second-order valence-electron chi connectivity index (χ2n) is 6.11. The first-order valence-electron chi connectivity index (χ1n) is 7.72. The molecule has 2 N–H and O–H groups in total. The van der Waals surface area contributed by atoms with Crippen molar-refractivity contribution >= 4 is 24.2 Å². The number of nitrogens with zero attached hydrogens (tertiary/aromatic N) is 1. The minimum absolute atomic E-state index is 0. The van der Waals surface area contributed by atoms with Crippen molar-refractivity contribution in [3.05, 3.63) is 0 Å². The summed E-state index contributed by atoms with van der Waals surface area (Å²) in [5.41, 5.74) is 0. The highest BCUT2D eigenvalue weighted by Crippen LogP contribution is 2.15. The van der Waals surface area contributed by atoms with Crippen molar-refractivity contribution in [2.24, 2.45) is 11.8 Å². The standard InChI is InChI=1S/C15H29N3O2.ClH/c1-12(2)6-7-14(19)17-10-15(20)18-8-4-5-13(11-18)9-16-3;/h12-13,16H,4-11H2,1-3H3,(H,17,19);1H. The van der Waals surface area contributed by atoms with Crippen LogP contribution in [0, 0.1) is 11.8 Å². The predicted octanol–water partition coefficient (Wildman–Crippen LogP) is 1.42. The molecule has 0 aromatic carbocycles. The van der Waals surface area contributed by atoms with Gasteiger partial charge in [-0.1, -0.05) is 13.8 Å². The van der Waals surface area contributed by atoms with Crippen LogP contribution in [-0.2, 0) is 9.59 Å². The van der Waals surface area contributed by atoms with Crippen molar-refractivity contribution < 1.29 is 9.59 Å². The van der Waals surface area contributed by atoms with Crippen LogP contribution in [0.5, 0.6) is 0 Å². The van der Waals surface area contributed by atoms with Gasteiger partial charge in [-0.3, -0.25) is 9.59 Å². The number of carbonyl (C=O) groups is 2. The molecule has 0 spiro atoms. The molecular formula is C15H30ClN3O2. The zero-order valence-electron chi connectivity index (χ0n) is 13.5. The van der Waals surface area contributed by atoms with Gasteiger partial charge in [0.2, 0.25) is 11.8 Å². The van der Waals surface area contributed by atoms with Crippen LogP contribution in [-0.4, -0.2) is 49.9 Å². The molecule has 0 saturated carbocycles. The summed E-state index contributed by atoms with van der Waals surface area (Å²) in [6.07, 6.45) is 3.60. The van der Waals surface area contributed by atoms with Crippen molar-refractivity contribution in [3.8, 4) is 0 Å². The van der Waals surface area contributed by atoms with Crippen molar-refractivity contribution in [1.29, 1.82) is 0 Å². The summed E-state index contributed by atoms with van der Waals surface area (Å²) in [6, 6.07) is 0. The average molecular weight is 320 g/mol. The van der Waals surface area contributed by atoms with Gasteiger partial charge in [-0.2, -0.15) is 0 Å². The molecule has 1 heterocycles. The van der Waals surface area contributed by atoms with Gasteiger partial charge in [0.05, 0.1) is 6.54 Å². The summed E-state index contributed by atoms with van der Waals surface area (Å²) in [4.78, 5) is 25.6. The molecule has 0 radical (unpaired) electrons. The molecule has 124 valence electrons. The number of piperidine rings is 1. The summed E-state index contributed by atoms with van der Waals surface area (Å²) < 4.78 is 0. The zero-order chi connectivity index (χ0) is 15.0. The Kier molecular flexibility index (Phi) is 10.4. The molecule has 5 nitrogen and oxygen atoms in total. The van der Waals surface area contributed by atoms with Crippen molar-refractivity contribution in [2.45, 2.75) is 39.5 Å². The Morgan fingerprint density at radius 3 is 2.67 bits per heavy atom. The van der Waals surface area contributed by atoms with Gasteiger partial charge in [0.25, 0.3) is 0 Å². The highest BCUT2D eigenvalue weighted by atomic mass is 35.5. The molecule has 21 heavy (non-hydrogen) atoms. The van der Waals surface area contributed by atoms with Crippen LogP contribution in [0.15, 0.2) is 0 Å². The highest BCUT2D eigenvalue weighted by Gasteiger charge is 2.23. The van der Waals surface area contributed by atoms with Crippen LogP contribution in [0.1, 0.15) is 39.5 Å². The van der Waals surface area contributed by atoms with E-state index in [0.29, 0.717) is 18.3 Å². The average Bonchev–Trinajstić information content (AvgIpc) is 2.43. The molecule has 1 unspecified atom stereocenters. The fourth-order valence-electron chi connectivity index (χ4n) is 2.54. The molecule has 0 bridgehead atoms. The van der Waals surface area contributed by atoms with Gasteiger partial charge < -0.3 is 15.5 Å². The zero-order valence-corrected chi connectivity index (χ0v) is 14.3. The number of rotatable bonds is 7. The lowest BCUT2D eigenvalue weighted by Crippen LogP contribution is -2.46. The molecule has 2 amide bonds. The van der Waals surface area contributed by atoms with Gasteiger partial charge in [-0.05, 0) is 44.7 Å². The number of nitrogens with one attached hydrogen (secondary N) is 2. The monoisotopic (exact) mass is 319 g/mol. The van der Waals surface area contributed by atoms with E-state index >= 15 is 0 Å². The molecule has 6 heteroatoms. The molecule has 1 aliphatic heterocycles. The molecule has 1 aliphatic rings. The third-order valence-electron chi connectivity index (χ3n) is 3.75. The van der Waals surface area contributed by atoms with Gasteiger partial charge in [-0.25, -0.2) is 0 Å². The minimum atomic E-state index is -0.0177. The molecule has 0 aromatic rings. The third-order valence-corrected chi connectivity index (χ3v) is 3.75. The molecule has 1 rings (SSSR count). The largest absolute Gasteiger partial charge is 0.347 e. The van der Waals surface area contributed by atoms with E-state index in [-0.39, 0.29) is 30.8 Å². The van der Waals surface area contributed by atoms with Gasteiger partial charge in [-0.15, -0.1) is 12.4 Å². The quantitative estimate of drug-likeness (QED) is 0.746. The smallest absolute Gasteiger partial charge is 0.241 e. The van der Waals surface area contributed by atoms with Crippen LogP contribution in [0.3, 0.4) is 0 Å². The molecule has 1 saturated heterocycles. The number of halogens is 1. The lowest BCUT2D eigenvalue weighted by atomic mass is 9.98. The van der Waals surface area contributed by atoms with Crippen molar-refractivity contribution in [1.82, 2.24) is 15.5 Å². The normalized spacial score (nSPS) is 18.3. The van der Waals surface area contributed by atoms with Crippen LogP contribution in [0.25, 0.3) is 0 Å². The maximum atomic E-state index is 12.1. The second kappa shape index (κ2) is 10.9. The summed E-state index contributed by atoms with van der Waals surface area (Å²) in [5.74, 6) is 1.08. The highest BCUT2D eigenvalue weighted by molar-refractivity contribution is 5.85. The second-order valence-corrected chi connectivity index (χ2v) is 6.11. The van der Waals surface area contributed by atoms with Gasteiger partial charge in [0, 0.05) is 19.5 Å². The Bertz CT molecular complexity index is 322. The van der Waals surface area contributed by atoms with Crippen LogP contribution >= 0.6 is 12.4 Å². The predicted molar refractivity (Wildman–Crippen MR) is 87.6 cm³/mol. The van der Waals surface area contributed by atoms with E-state index in [9.17, 15) is 9.59 Å². The number of hydrogen-bond acceptors (Lipinski definition) is 3. The van der Waals surface area contributed by atoms with Gasteiger partial charge >= 0.3 is 0 Å². The Balaban J connectivity index is 0.00000400. The lowest BCUT2D eigenvalue weighted by molar-refractivity contribution is -0.134. The first kappa shape index (κ1) is 20.2. The summed E-state index contributed by atoms with van der Waals surface area (Å²) in [5, 5.41) is 5.90. The molecule has 0 aliphatic carbocycles. The number of hydrogen-bond donors (Lipinski definition) is 2. The van der Waals surface area contributed by atoms with Crippen LogP contribution in [0.4, 0.5) is 0 Å². The maximum absolute atomic E-state index is 12.1. The van der Waals surface area contributed by atoms with Crippen LogP contribution in [0.2, 0.25) is 0 Å². The van der Waals surface area contributed by atoms with E-state index in [0.717, 1.165) is 32.5 Å². The molecular weight excluding hydrogens is 290 g/mol. The van der Waals surface area contributed by atoms with Crippen molar-refractivity contribution in [2.75, 3.05) is 33.2 Å².